The topological polar surface area (TPSA) is 55.1 Å². The van der Waals surface area contributed by atoms with Gasteiger partial charge in [-0.3, -0.25) is 4.79 Å². The Morgan fingerprint density at radius 2 is 2.11 bits per heavy atom. The highest BCUT2D eigenvalue weighted by Gasteiger charge is 2.28. The second-order valence-electron chi connectivity index (χ2n) is 4.34. The van der Waals surface area contributed by atoms with Crippen molar-refractivity contribution < 1.29 is 4.79 Å². The Bertz CT molecular complexity index is 435. The fraction of sp³-hybridized carbons (Fsp3) is 0.417. The van der Waals surface area contributed by atoms with E-state index in [0.717, 1.165) is 12.8 Å². The minimum absolute atomic E-state index is 0. The van der Waals surface area contributed by atoms with Crippen LogP contribution in [0.25, 0.3) is 0 Å². The average molecular weight is 310 g/mol. The molecule has 1 aromatic rings. The van der Waals surface area contributed by atoms with Crippen LogP contribution in [0.4, 0.5) is 0 Å². The van der Waals surface area contributed by atoms with Gasteiger partial charge in [0.1, 0.15) is 0 Å². The molecule has 1 saturated carbocycles. The summed E-state index contributed by atoms with van der Waals surface area (Å²) in [6.07, 6.45) is 2.32. The van der Waals surface area contributed by atoms with Gasteiger partial charge in [-0.15, -0.1) is 12.4 Å². The predicted octanol–water partition coefficient (Wildman–Crippen LogP) is 2.88. The number of rotatable bonds is 4. The van der Waals surface area contributed by atoms with E-state index in [1.54, 1.807) is 18.2 Å². The standard InChI is InChI=1S/C12H14Cl2N2O.ClH/c13-8-3-4-10(14)9(5-8)12(17)16-6-11(15)7-1-2-7;/h3-5,7,11H,1-2,6,15H2,(H,16,17);1H. The van der Waals surface area contributed by atoms with Gasteiger partial charge in [0.15, 0.2) is 0 Å². The highest BCUT2D eigenvalue weighted by atomic mass is 35.5. The van der Waals surface area contributed by atoms with Crippen LogP contribution in [0.15, 0.2) is 18.2 Å². The van der Waals surface area contributed by atoms with E-state index < -0.39 is 0 Å². The van der Waals surface area contributed by atoms with Gasteiger partial charge < -0.3 is 11.1 Å². The summed E-state index contributed by atoms with van der Waals surface area (Å²) < 4.78 is 0. The number of carbonyl (C=O) groups is 1. The average Bonchev–Trinajstić information content (AvgIpc) is 3.12. The fourth-order valence-electron chi connectivity index (χ4n) is 1.67. The molecule has 1 aliphatic carbocycles. The molecule has 3 nitrogen and oxygen atoms in total. The summed E-state index contributed by atoms with van der Waals surface area (Å²) in [7, 11) is 0. The lowest BCUT2D eigenvalue weighted by Crippen LogP contribution is -2.38. The zero-order valence-corrected chi connectivity index (χ0v) is 12.0. The van der Waals surface area contributed by atoms with E-state index in [-0.39, 0.29) is 24.4 Å². The number of nitrogens with two attached hydrogens (primary N) is 1. The van der Waals surface area contributed by atoms with Gasteiger partial charge >= 0.3 is 0 Å². The molecule has 1 aromatic carbocycles. The second kappa shape index (κ2) is 6.62. The number of halogens is 3. The molecular weight excluding hydrogens is 295 g/mol. The molecule has 0 bridgehead atoms. The summed E-state index contributed by atoms with van der Waals surface area (Å²) in [5.74, 6) is 0.332. The third-order valence-electron chi connectivity index (χ3n) is 2.90. The third-order valence-corrected chi connectivity index (χ3v) is 3.46. The van der Waals surface area contributed by atoms with Crippen molar-refractivity contribution in [2.45, 2.75) is 18.9 Å². The van der Waals surface area contributed by atoms with Crippen LogP contribution in [0.2, 0.25) is 10.0 Å². The minimum Gasteiger partial charge on any atom is -0.350 e. The molecule has 0 spiro atoms. The first kappa shape index (κ1) is 15.6. The quantitative estimate of drug-likeness (QED) is 0.898. The molecule has 1 aliphatic rings. The van der Waals surface area contributed by atoms with Crippen LogP contribution in [-0.2, 0) is 0 Å². The maximum Gasteiger partial charge on any atom is 0.252 e. The van der Waals surface area contributed by atoms with Crippen LogP contribution >= 0.6 is 35.6 Å². The molecule has 3 N–H and O–H groups in total. The Morgan fingerprint density at radius 1 is 1.44 bits per heavy atom. The zero-order valence-electron chi connectivity index (χ0n) is 9.66. The van der Waals surface area contributed by atoms with E-state index in [4.69, 9.17) is 28.9 Å². The monoisotopic (exact) mass is 308 g/mol. The third kappa shape index (κ3) is 4.02. The van der Waals surface area contributed by atoms with Crippen molar-refractivity contribution in [2.24, 2.45) is 11.7 Å². The molecular formula is C12H15Cl3N2O. The summed E-state index contributed by atoms with van der Waals surface area (Å²) >= 11 is 11.8. The smallest absolute Gasteiger partial charge is 0.252 e. The van der Waals surface area contributed by atoms with E-state index in [1.165, 1.54) is 0 Å². The normalized spacial score (nSPS) is 15.7. The lowest BCUT2D eigenvalue weighted by molar-refractivity contribution is 0.0950. The van der Waals surface area contributed by atoms with Gasteiger partial charge in [0.2, 0.25) is 0 Å². The largest absolute Gasteiger partial charge is 0.350 e. The van der Waals surface area contributed by atoms with Crippen LogP contribution in [0.5, 0.6) is 0 Å². The molecule has 1 fully saturated rings. The molecule has 0 aromatic heterocycles. The zero-order chi connectivity index (χ0) is 12.4. The van der Waals surface area contributed by atoms with Gasteiger partial charge in [0.25, 0.3) is 5.91 Å². The molecule has 0 aliphatic heterocycles. The summed E-state index contributed by atoms with van der Waals surface area (Å²) in [5, 5.41) is 3.67. The minimum atomic E-state index is -0.228. The number of hydrogen-bond donors (Lipinski definition) is 2. The number of benzene rings is 1. The highest BCUT2D eigenvalue weighted by molar-refractivity contribution is 6.35. The van der Waals surface area contributed by atoms with Crippen molar-refractivity contribution in [2.75, 3.05) is 6.54 Å². The van der Waals surface area contributed by atoms with Crippen molar-refractivity contribution in [3.05, 3.63) is 33.8 Å². The Kier molecular flexibility index (Phi) is 5.73. The molecule has 18 heavy (non-hydrogen) atoms. The first-order valence-electron chi connectivity index (χ1n) is 5.57. The van der Waals surface area contributed by atoms with E-state index in [1.807, 2.05) is 0 Å². The lowest BCUT2D eigenvalue weighted by Gasteiger charge is -2.12. The Morgan fingerprint density at radius 3 is 2.72 bits per heavy atom. The highest BCUT2D eigenvalue weighted by Crippen LogP contribution is 2.31. The van der Waals surface area contributed by atoms with Crippen LogP contribution in [0, 0.1) is 5.92 Å². The van der Waals surface area contributed by atoms with Crippen LogP contribution in [0.1, 0.15) is 23.2 Å². The number of nitrogens with one attached hydrogen (secondary N) is 1. The summed E-state index contributed by atoms with van der Waals surface area (Å²) in [5.41, 5.74) is 6.29. The van der Waals surface area contributed by atoms with E-state index in [2.05, 4.69) is 5.32 Å². The van der Waals surface area contributed by atoms with Gasteiger partial charge in [-0.05, 0) is 37.0 Å². The first-order valence-corrected chi connectivity index (χ1v) is 6.32. The van der Waals surface area contributed by atoms with Crippen LogP contribution in [0.3, 0.4) is 0 Å². The molecule has 0 heterocycles. The van der Waals surface area contributed by atoms with Crippen molar-refractivity contribution in [1.82, 2.24) is 5.32 Å². The van der Waals surface area contributed by atoms with Gasteiger partial charge in [0.05, 0.1) is 10.6 Å². The van der Waals surface area contributed by atoms with Crippen molar-refractivity contribution in [1.29, 1.82) is 0 Å². The van der Waals surface area contributed by atoms with Crippen LogP contribution in [-0.4, -0.2) is 18.5 Å². The summed E-state index contributed by atoms with van der Waals surface area (Å²) in [4.78, 5) is 11.9. The van der Waals surface area contributed by atoms with Gasteiger partial charge in [0, 0.05) is 17.6 Å². The Hall–Kier alpha value is -0.480. The van der Waals surface area contributed by atoms with E-state index in [0.29, 0.717) is 28.1 Å². The molecule has 1 atom stereocenters. The van der Waals surface area contributed by atoms with Crippen molar-refractivity contribution in [3.63, 3.8) is 0 Å². The molecule has 1 amide bonds. The second-order valence-corrected chi connectivity index (χ2v) is 5.18. The van der Waals surface area contributed by atoms with Crippen LogP contribution < -0.4 is 11.1 Å². The summed E-state index contributed by atoms with van der Waals surface area (Å²) in [6, 6.07) is 4.86. The maximum absolute atomic E-state index is 11.9. The lowest BCUT2D eigenvalue weighted by atomic mass is 10.1. The molecule has 0 saturated heterocycles. The molecule has 100 valence electrons. The maximum atomic E-state index is 11.9. The van der Waals surface area contributed by atoms with Gasteiger partial charge in [-0.2, -0.15) is 0 Å². The van der Waals surface area contributed by atoms with E-state index in [9.17, 15) is 4.79 Å². The number of hydrogen-bond acceptors (Lipinski definition) is 2. The van der Waals surface area contributed by atoms with Gasteiger partial charge in [-0.1, -0.05) is 23.2 Å². The Balaban J connectivity index is 0.00000162. The van der Waals surface area contributed by atoms with Crippen molar-refractivity contribution >= 4 is 41.5 Å². The van der Waals surface area contributed by atoms with Crippen molar-refractivity contribution in [3.8, 4) is 0 Å². The number of amides is 1. The summed E-state index contributed by atoms with van der Waals surface area (Å²) in [6.45, 7) is 0.479. The molecule has 1 unspecified atom stereocenters. The fourth-order valence-corrected chi connectivity index (χ4v) is 2.04. The Labute approximate surface area is 122 Å². The predicted molar refractivity (Wildman–Crippen MR) is 76.7 cm³/mol. The SMILES string of the molecule is Cl.NC(CNC(=O)c1cc(Cl)ccc1Cl)C1CC1. The van der Waals surface area contributed by atoms with E-state index >= 15 is 0 Å². The molecule has 2 rings (SSSR count). The molecule has 6 heteroatoms. The van der Waals surface area contributed by atoms with Gasteiger partial charge in [-0.25, -0.2) is 0 Å². The number of carbonyl (C=O) groups excluding carboxylic acids is 1. The first-order chi connectivity index (χ1) is 8.08. The molecule has 0 radical (unpaired) electrons.